The van der Waals surface area contributed by atoms with Gasteiger partial charge in [0.05, 0.1) is 0 Å². The van der Waals surface area contributed by atoms with Gasteiger partial charge in [-0.2, -0.15) is 0 Å². The molecule has 2 unspecified atom stereocenters. The van der Waals surface area contributed by atoms with Crippen molar-refractivity contribution >= 4 is 16.7 Å². The van der Waals surface area contributed by atoms with Gasteiger partial charge in [0.15, 0.2) is 0 Å². The number of nitrogens with one attached hydrogen (secondary N) is 1. The molecule has 0 aliphatic rings. The minimum atomic E-state index is -0.829. The van der Waals surface area contributed by atoms with Crippen LogP contribution in [0, 0.1) is 0 Å². The van der Waals surface area contributed by atoms with Crippen LogP contribution < -0.4 is 5.32 Å². The molecule has 0 fully saturated rings. The normalized spacial score (nSPS) is 15.5. The molecule has 0 aromatic carbocycles. The molecule has 0 saturated carbocycles. The van der Waals surface area contributed by atoms with Crippen molar-refractivity contribution in [1.82, 2.24) is 5.32 Å². The number of carbonyl (C=O) groups is 1. The Morgan fingerprint density at radius 2 is 2.18 bits per heavy atom. The highest BCUT2D eigenvalue weighted by molar-refractivity contribution is 7.84. The third-order valence-electron chi connectivity index (χ3n) is 1.21. The summed E-state index contributed by atoms with van der Waals surface area (Å²) in [5.41, 5.74) is 0. The first-order valence-corrected chi connectivity index (χ1v) is 5.38. The van der Waals surface area contributed by atoms with Crippen molar-refractivity contribution in [1.29, 1.82) is 0 Å². The third kappa shape index (κ3) is 6.04. The topological polar surface area (TPSA) is 46.2 Å². The SMILES string of the molecule is CCC(=O)NC(C)CS(C)=O. The number of rotatable bonds is 4. The fraction of sp³-hybridized carbons (Fsp3) is 0.857. The minimum absolute atomic E-state index is 0.0166. The molecule has 2 atom stereocenters. The Morgan fingerprint density at radius 3 is 2.55 bits per heavy atom. The van der Waals surface area contributed by atoms with Crippen LogP contribution in [0.25, 0.3) is 0 Å². The van der Waals surface area contributed by atoms with Crippen LogP contribution in [-0.2, 0) is 15.6 Å². The number of hydrogen-bond acceptors (Lipinski definition) is 2. The summed E-state index contributed by atoms with van der Waals surface area (Å²) in [6.45, 7) is 3.65. The van der Waals surface area contributed by atoms with Crippen molar-refractivity contribution < 1.29 is 9.00 Å². The molecule has 4 heteroatoms. The third-order valence-corrected chi connectivity index (χ3v) is 2.18. The maximum atomic E-state index is 10.8. The quantitative estimate of drug-likeness (QED) is 0.670. The molecule has 0 saturated heterocycles. The highest BCUT2D eigenvalue weighted by atomic mass is 32.2. The first-order chi connectivity index (χ1) is 5.06. The van der Waals surface area contributed by atoms with Gasteiger partial charge in [-0.25, -0.2) is 0 Å². The Morgan fingerprint density at radius 1 is 1.64 bits per heavy atom. The van der Waals surface area contributed by atoms with E-state index in [4.69, 9.17) is 0 Å². The summed E-state index contributed by atoms with van der Waals surface area (Å²) < 4.78 is 10.7. The van der Waals surface area contributed by atoms with Gasteiger partial charge in [-0.1, -0.05) is 6.92 Å². The van der Waals surface area contributed by atoms with Crippen LogP contribution in [0.4, 0.5) is 0 Å². The largest absolute Gasteiger partial charge is 0.353 e. The summed E-state index contributed by atoms with van der Waals surface area (Å²) in [5, 5.41) is 2.73. The van der Waals surface area contributed by atoms with Gasteiger partial charge in [-0.05, 0) is 6.92 Å². The van der Waals surface area contributed by atoms with E-state index in [1.807, 2.05) is 6.92 Å². The van der Waals surface area contributed by atoms with Gasteiger partial charge in [0.1, 0.15) is 0 Å². The second-order valence-corrected chi connectivity index (χ2v) is 4.04. The van der Waals surface area contributed by atoms with Gasteiger partial charge in [-0.3, -0.25) is 9.00 Å². The van der Waals surface area contributed by atoms with Crippen LogP contribution in [0.5, 0.6) is 0 Å². The molecular weight excluding hydrogens is 162 g/mol. The van der Waals surface area contributed by atoms with Gasteiger partial charge in [0.25, 0.3) is 0 Å². The molecular formula is C7H15NO2S. The van der Waals surface area contributed by atoms with E-state index in [0.717, 1.165) is 0 Å². The summed E-state index contributed by atoms with van der Waals surface area (Å²) >= 11 is 0. The molecule has 11 heavy (non-hydrogen) atoms. The Bertz CT molecular complexity index is 159. The lowest BCUT2D eigenvalue weighted by atomic mass is 10.3. The molecule has 0 heterocycles. The van der Waals surface area contributed by atoms with Crippen LogP contribution in [0.15, 0.2) is 0 Å². The molecule has 0 bridgehead atoms. The lowest BCUT2D eigenvalue weighted by Crippen LogP contribution is -2.35. The lowest BCUT2D eigenvalue weighted by molar-refractivity contribution is -0.121. The van der Waals surface area contributed by atoms with E-state index in [9.17, 15) is 9.00 Å². The van der Waals surface area contributed by atoms with Crippen molar-refractivity contribution in [3.63, 3.8) is 0 Å². The Kier molecular flexibility index (Phi) is 5.11. The van der Waals surface area contributed by atoms with E-state index in [1.165, 1.54) is 0 Å². The smallest absolute Gasteiger partial charge is 0.219 e. The highest BCUT2D eigenvalue weighted by Crippen LogP contribution is 1.86. The Balaban J connectivity index is 3.60. The highest BCUT2D eigenvalue weighted by Gasteiger charge is 2.05. The summed E-state index contributed by atoms with van der Waals surface area (Å²) in [4.78, 5) is 10.8. The molecule has 0 aliphatic carbocycles. The molecule has 66 valence electrons. The van der Waals surface area contributed by atoms with Crippen LogP contribution in [0.3, 0.4) is 0 Å². The zero-order valence-electron chi connectivity index (χ0n) is 7.22. The average Bonchev–Trinajstić information content (AvgIpc) is 1.85. The van der Waals surface area contributed by atoms with Gasteiger partial charge < -0.3 is 5.32 Å². The first-order valence-electron chi connectivity index (χ1n) is 3.65. The minimum Gasteiger partial charge on any atom is -0.353 e. The van der Waals surface area contributed by atoms with Crippen LogP contribution in [0.2, 0.25) is 0 Å². The number of carbonyl (C=O) groups excluding carboxylic acids is 1. The zero-order valence-corrected chi connectivity index (χ0v) is 8.03. The number of hydrogen-bond donors (Lipinski definition) is 1. The second-order valence-electron chi connectivity index (χ2n) is 2.56. The molecule has 3 nitrogen and oxygen atoms in total. The maximum absolute atomic E-state index is 10.8. The van der Waals surface area contributed by atoms with E-state index < -0.39 is 10.8 Å². The van der Waals surface area contributed by atoms with Crippen LogP contribution in [0.1, 0.15) is 20.3 Å². The fourth-order valence-electron chi connectivity index (χ4n) is 0.771. The Hall–Kier alpha value is -0.380. The van der Waals surface area contributed by atoms with Crippen LogP contribution >= 0.6 is 0 Å². The average molecular weight is 177 g/mol. The molecule has 0 spiro atoms. The van der Waals surface area contributed by atoms with Crippen molar-refractivity contribution in [2.75, 3.05) is 12.0 Å². The van der Waals surface area contributed by atoms with Crippen molar-refractivity contribution in [2.24, 2.45) is 0 Å². The zero-order chi connectivity index (χ0) is 8.85. The first kappa shape index (κ1) is 10.6. The van der Waals surface area contributed by atoms with E-state index >= 15 is 0 Å². The molecule has 0 aromatic heterocycles. The maximum Gasteiger partial charge on any atom is 0.219 e. The second kappa shape index (κ2) is 5.29. The van der Waals surface area contributed by atoms with Gasteiger partial charge >= 0.3 is 0 Å². The van der Waals surface area contributed by atoms with Crippen molar-refractivity contribution in [3.8, 4) is 0 Å². The van der Waals surface area contributed by atoms with Gasteiger partial charge in [0, 0.05) is 35.3 Å². The summed E-state index contributed by atoms with van der Waals surface area (Å²) in [6, 6.07) is 0.0216. The lowest BCUT2D eigenvalue weighted by Gasteiger charge is -2.10. The van der Waals surface area contributed by atoms with Gasteiger partial charge in [-0.15, -0.1) is 0 Å². The predicted octanol–water partition coefficient (Wildman–Crippen LogP) is 0.280. The van der Waals surface area contributed by atoms with Crippen LogP contribution in [-0.4, -0.2) is 28.2 Å². The van der Waals surface area contributed by atoms with Gasteiger partial charge in [0.2, 0.25) is 5.91 Å². The molecule has 1 amide bonds. The predicted molar refractivity (Wildman–Crippen MR) is 46.8 cm³/mol. The van der Waals surface area contributed by atoms with E-state index in [1.54, 1.807) is 13.2 Å². The summed E-state index contributed by atoms with van der Waals surface area (Å²) in [5.74, 6) is 0.550. The fourth-order valence-corrected chi connectivity index (χ4v) is 1.56. The molecule has 1 N–H and O–H groups in total. The van der Waals surface area contributed by atoms with E-state index in [0.29, 0.717) is 12.2 Å². The Labute approximate surface area is 70.0 Å². The molecule has 0 aliphatic heterocycles. The summed E-state index contributed by atoms with van der Waals surface area (Å²) in [6.07, 6.45) is 2.12. The molecule has 0 aromatic rings. The standard InChI is InChI=1S/C7H15NO2S/c1-4-7(9)8-6(2)5-11(3)10/h6H,4-5H2,1-3H3,(H,8,9). The molecule has 0 radical (unpaired) electrons. The molecule has 0 rings (SSSR count). The monoisotopic (exact) mass is 177 g/mol. The van der Waals surface area contributed by atoms with E-state index in [2.05, 4.69) is 5.32 Å². The number of amides is 1. The van der Waals surface area contributed by atoms with Crippen molar-refractivity contribution in [2.45, 2.75) is 26.3 Å². The summed E-state index contributed by atoms with van der Waals surface area (Å²) in [7, 11) is -0.829. The van der Waals surface area contributed by atoms with E-state index in [-0.39, 0.29) is 11.9 Å². The van der Waals surface area contributed by atoms with Crippen molar-refractivity contribution in [3.05, 3.63) is 0 Å².